The molecule has 0 radical (unpaired) electrons. The molecule has 102 valence electrons. The Kier molecular flexibility index (Phi) is 6.16. The molecule has 18 heavy (non-hydrogen) atoms. The van der Waals surface area contributed by atoms with Crippen LogP contribution in [0.4, 0.5) is 0 Å². The first-order valence-electron chi connectivity index (χ1n) is 6.68. The van der Waals surface area contributed by atoms with Gasteiger partial charge in [0.25, 0.3) is 0 Å². The summed E-state index contributed by atoms with van der Waals surface area (Å²) in [5, 5.41) is 13.6. The van der Waals surface area contributed by atoms with Crippen molar-refractivity contribution < 1.29 is 5.11 Å². The summed E-state index contributed by atoms with van der Waals surface area (Å²) in [5.74, 6) is 1.05. The van der Waals surface area contributed by atoms with E-state index in [1.165, 1.54) is 0 Å². The van der Waals surface area contributed by atoms with Gasteiger partial charge in [-0.2, -0.15) is 0 Å². The van der Waals surface area contributed by atoms with Crippen LogP contribution in [0.1, 0.15) is 52.1 Å². The first-order chi connectivity index (χ1) is 8.43. The van der Waals surface area contributed by atoms with E-state index in [0.717, 1.165) is 22.9 Å². The molecule has 1 aromatic carbocycles. The summed E-state index contributed by atoms with van der Waals surface area (Å²) < 4.78 is 1.01. The van der Waals surface area contributed by atoms with Gasteiger partial charge in [0.2, 0.25) is 0 Å². The lowest BCUT2D eigenvalue weighted by Gasteiger charge is -2.24. The van der Waals surface area contributed by atoms with Crippen molar-refractivity contribution in [3.63, 3.8) is 0 Å². The third-order valence-corrected chi connectivity index (χ3v) is 3.58. The molecule has 2 unspecified atom stereocenters. The number of hydrogen-bond donors (Lipinski definition) is 2. The Labute approximate surface area is 119 Å². The lowest BCUT2D eigenvalue weighted by Crippen LogP contribution is -2.31. The molecule has 0 amide bonds. The molecule has 2 nitrogen and oxygen atoms in total. The topological polar surface area (TPSA) is 32.3 Å². The third-order valence-electron chi connectivity index (χ3n) is 3.08. The largest absolute Gasteiger partial charge is 0.508 e. The molecule has 0 aliphatic rings. The Morgan fingerprint density at radius 3 is 2.50 bits per heavy atom. The van der Waals surface area contributed by atoms with Crippen molar-refractivity contribution in [1.29, 1.82) is 0 Å². The SMILES string of the molecule is CCC(NC(C)CC(C)C)c1cc(Br)ccc1O. The van der Waals surface area contributed by atoms with Gasteiger partial charge in [0.05, 0.1) is 0 Å². The Bertz CT molecular complexity index is 379. The Balaban J connectivity index is 2.79. The first kappa shape index (κ1) is 15.5. The lowest BCUT2D eigenvalue weighted by molar-refractivity contribution is 0.376. The van der Waals surface area contributed by atoms with Crippen LogP contribution in [-0.4, -0.2) is 11.1 Å². The van der Waals surface area contributed by atoms with Gasteiger partial charge in [-0.05, 0) is 43.9 Å². The zero-order chi connectivity index (χ0) is 13.7. The van der Waals surface area contributed by atoms with Gasteiger partial charge >= 0.3 is 0 Å². The Hall–Kier alpha value is -0.540. The normalized spacial score (nSPS) is 14.8. The highest BCUT2D eigenvalue weighted by Crippen LogP contribution is 2.30. The molecule has 1 aromatic rings. The molecular formula is C15H24BrNO. The number of halogens is 1. The monoisotopic (exact) mass is 313 g/mol. The zero-order valence-corrected chi connectivity index (χ0v) is 13.3. The van der Waals surface area contributed by atoms with Crippen LogP contribution in [0, 0.1) is 5.92 Å². The molecule has 0 spiro atoms. The molecule has 2 atom stereocenters. The molecule has 3 heteroatoms. The quantitative estimate of drug-likeness (QED) is 0.802. The summed E-state index contributed by atoms with van der Waals surface area (Å²) in [6.45, 7) is 8.81. The van der Waals surface area contributed by atoms with Crippen LogP contribution in [0.15, 0.2) is 22.7 Å². The molecule has 0 saturated heterocycles. The molecule has 1 rings (SSSR count). The van der Waals surface area contributed by atoms with E-state index in [4.69, 9.17) is 0 Å². The highest BCUT2D eigenvalue weighted by molar-refractivity contribution is 9.10. The summed E-state index contributed by atoms with van der Waals surface area (Å²) in [7, 11) is 0. The number of benzene rings is 1. The number of rotatable bonds is 6. The molecule has 0 heterocycles. The average Bonchev–Trinajstić information content (AvgIpc) is 2.28. The number of nitrogens with one attached hydrogen (secondary N) is 1. The van der Waals surface area contributed by atoms with Crippen molar-refractivity contribution in [2.45, 2.75) is 52.6 Å². The van der Waals surface area contributed by atoms with E-state index >= 15 is 0 Å². The molecule has 0 saturated carbocycles. The van der Waals surface area contributed by atoms with Crippen molar-refractivity contribution in [2.75, 3.05) is 0 Å². The van der Waals surface area contributed by atoms with Crippen LogP contribution in [0.5, 0.6) is 5.75 Å². The van der Waals surface area contributed by atoms with Gasteiger partial charge in [0.1, 0.15) is 5.75 Å². The van der Waals surface area contributed by atoms with Gasteiger partial charge < -0.3 is 10.4 Å². The van der Waals surface area contributed by atoms with E-state index in [2.05, 4.69) is 48.9 Å². The van der Waals surface area contributed by atoms with Gasteiger partial charge in [0.15, 0.2) is 0 Å². The highest BCUT2D eigenvalue weighted by Gasteiger charge is 2.16. The van der Waals surface area contributed by atoms with Crippen molar-refractivity contribution in [1.82, 2.24) is 5.32 Å². The number of phenolic OH excluding ortho intramolecular Hbond substituents is 1. The smallest absolute Gasteiger partial charge is 0.120 e. The van der Waals surface area contributed by atoms with Gasteiger partial charge in [-0.3, -0.25) is 0 Å². The number of phenols is 1. The molecular weight excluding hydrogens is 290 g/mol. The van der Waals surface area contributed by atoms with Gasteiger partial charge in [-0.1, -0.05) is 36.7 Å². The lowest BCUT2D eigenvalue weighted by atomic mass is 9.99. The van der Waals surface area contributed by atoms with E-state index < -0.39 is 0 Å². The van der Waals surface area contributed by atoms with E-state index in [1.807, 2.05) is 12.1 Å². The minimum atomic E-state index is 0.205. The molecule has 2 N–H and O–H groups in total. The van der Waals surface area contributed by atoms with E-state index in [0.29, 0.717) is 17.7 Å². The fraction of sp³-hybridized carbons (Fsp3) is 0.600. The maximum absolute atomic E-state index is 9.97. The van der Waals surface area contributed by atoms with Gasteiger partial charge in [-0.15, -0.1) is 0 Å². The predicted octanol–water partition coefficient (Wildman–Crippen LogP) is 4.63. The van der Waals surface area contributed by atoms with Crippen LogP contribution in [0.2, 0.25) is 0 Å². The maximum atomic E-state index is 9.97. The molecule has 0 aromatic heterocycles. The standard InChI is InChI=1S/C15H24BrNO/c1-5-14(17-11(4)8-10(2)3)13-9-12(16)6-7-15(13)18/h6-7,9-11,14,17-18H,5,8H2,1-4H3. The minimum Gasteiger partial charge on any atom is -0.508 e. The summed E-state index contributed by atoms with van der Waals surface area (Å²) >= 11 is 3.46. The van der Waals surface area contributed by atoms with Crippen LogP contribution in [0.3, 0.4) is 0 Å². The second-order valence-corrected chi connectivity index (χ2v) is 6.28. The Morgan fingerprint density at radius 1 is 1.28 bits per heavy atom. The highest BCUT2D eigenvalue weighted by atomic mass is 79.9. The van der Waals surface area contributed by atoms with E-state index in [9.17, 15) is 5.11 Å². The van der Waals surface area contributed by atoms with Crippen LogP contribution >= 0.6 is 15.9 Å². The fourth-order valence-corrected chi connectivity index (χ4v) is 2.73. The summed E-state index contributed by atoms with van der Waals surface area (Å²) in [4.78, 5) is 0. The number of aromatic hydroxyl groups is 1. The molecule has 0 aliphatic carbocycles. The second kappa shape index (κ2) is 7.15. The predicted molar refractivity (Wildman–Crippen MR) is 80.9 cm³/mol. The first-order valence-corrected chi connectivity index (χ1v) is 7.47. The van der Waals surface area contributed by atoms with Crippen molar-refractivity contribution in [3.8, 4) is 5.75 Å². The van der Waals surface area contributed by atoms with Crippen LogP contribution in [0.25, 0.3) is 0 Å². The third kappa shape index (κ3) is 4.62. The Morgan fingerprint density at radius 2 is 1.94 bits per heavy atom. The van der Waals surface area contributed by atoms with Gasteiger partial charge in [0, 0.05) is 22.1 Å². The molecule has 0 bridgehead atoms. The average molecular weight is 314 g/mol. The van der Waals surface area contributed by atoms with Crippen LogP contribution < -0.4 is 5.32 Å². The fourth-order valence-electron chi connectivity index (χ4n) is 2.35. The van der Waals surface area contributed by atoms with Gasteiger partial charge in [-0.25, -0.2) is 0 Å². The van der Waals surface area contributed by atoms with Crippen LogP contribution in [-0.2, 0) is 0 Å². The maximum Gasteiger partial charge on any atom is 0.120 e. The second-order valence-electron chi connectivity index (χ2n) is 5.36. The molecule has 0 fully saturated rings. The van der Waals surface area contributed by atoms with E-state index in [-0.39, 0.29) is 6.04 Å². The van der Waals surface area contributed by atoms with Crippen molar-refractivity contribution in [2.24, 2.45) is 5.92 Å². The minimum absolute atomic E-state index is 0.205. The summed E-state index contributed by atoms with van der Waals surface area (Å²) in [6.07, 6.45) is 2.11. The van der Waals surface area contributed by atoms with E-state index in [1.54, 1.807) is 6.07 Å². The van der Waals surface area contributed by atoms with Crippen molar-refractivity contribution in [3.05, 3.63) is 28.2 Å². The molecule has 0 aliphatic heterocycles. The van der Waals surface area contributed by atoms with Crippen molar-refractivity contribution >= 4 is 15.9 Å². The summed E-state index contributed by atoms with van der Waals surface area (Å²) in [6, 6.07) is 6.27. The number of hydrogen-bond acceptors (Lipinski definition) is 2. The summed E-state index contributed by atoms with van der Waals surface area (Å²) in [5.41, 5.74) is 0.975. The zero-order valence-electron chi connectivity index (χ0n) is 11.7.